The third-order valence-corrected chi connectivity index (χ3v) is 4.18. The fraction of sp³-hybridized carbons (Fsp3) is 0.125. The molecular weight excluding hydrogens is 284 g/mol. The average Bonchev–Trinajstić information content (AvgIpc) is 2.88. The number of nitrogens with one attached hydrogen (secondary N) is 1. The number of carbonyl (C=O) groups is 1. The minimum atomic E-state index is -0.923. The van der Waals surface area contributed by atoms with E-state index in [2.05, 4.69) is 29.4 Å². The van der Waals surface area contributed by atoms with Gasteiger partial charge in [0.1, 0.15) is 0 Å². The van der Waals surface area contributed by atoms with Gasteiger partial charge in [-0.3, -0.25) is 0 Å². The summed E-state index contributed by atoms with van der Waals surface area (Å²) in [6.45, 7) is 2.13. The number of aryl methyl sites for hydroxylation is 1. The van der Waals surface area contributed by atoms with Crippen LogP contribution in [0.2, 0.25) is 0 Å². The lowest BCUT2D eigenvalue weighted by molar-refractivity contribution is 0.0697. The minimum absolute atomic E-state index is 0.275. The zero-order chi connectivity index (χ0) is 14.8. The molecule has 1 aromatic heterocycles. The number of benzene rings is 2. The van der Waals surface area contributed by atoms with E-state index in [0.29, 0.717) is 0 Å². The van der Waals surface area contributed by atoms with Crippen molar-refractivity contribution >= 4 is 38.3 Å². The lowest BCUT2D eigenvalue weighted by Gasteiger charge is -2.02. The normalized spacial score (nSPS) is 10.7. The molecule has 4 nitrogen and oxygen atoms in total. The first kappa shape index (κ1) is 13.6. The van der Waals surface area contributed by atoms with Crippen molar-refractivity contribution in [3.05, 3.63) is 53.6 Å². The highest BCUT2D eigenvalue weighted by Gasteiger charge is 2.06. The van der Waals surface area contributed by atoms with Crippen molar-refractivity contribution in [2.45, 2.75) is 13.3 Å². The van der Waals surface area contributed by atoms with Gasteiger partial charge in [0.05, 0.1) is 15.8 Å². The number of aromatic nitrogens is 1. The molecule has 2 aromatic carbocycles. The van der Waals surface area contributed by atoms with Crippen molar-refractivity contribution in [1.82, 2.24) is 4.98 Å². The van der Waals surface area contributed by atoms with Gasteiger partial charge in [0.2, 0.25) is 0 Å². The number of hydrogen-bond acceptors (Lipinski definition) is 4. The minimum Gasteiger partial charge on any atom is -0.478 e. The van der Waals surface area contributed by atoms with Crippen LogP contribution >= 0.6 is 11.3 Å². The largest absolute Gasteiger partial charge is 0.478 e. The number of aromatic carboxylic acids is 1. The van der Waals surface area contributed by atoms with E-state index in [1.54, 1.807) is 35.6 Å². The Labute approximate surface area is 126 Å². The lowest BCUT2D eigenvalue weighted by Crippen LogP contribution is -1.96. The second-order valence-corrected chi connectivity index (χ2v) is 5.71. The van der Waals surface area contributed by atoms with Crippen molar-refractivity contribution in [2.24, 2.45) is 0 Å². The number of rotatable bonds is 4. The Morgan fingerprint density at radius 2 is 2.00 bits per heavy atom. The highest BCUT2D eigenvalue weighted by molar-refractivity contribution is 7.22. The molecule has 0 bridgehead atoms. The van der Waals surface area contributed by atoms with E-state index in [0.717, 1.165) is 27.5 Å². The third-order valence-electron chi connectivity index (χ3n) is 3.24. The van der Waals surface area contributed by atoms with E-state index in [1.807, 2.05) is 6.07 Å². The maximum atomic E-state index is 10.8. The van der Waals surface area contributed by atoms with Crippen LogP contribution in [-0.2, 0) is 6.42 Å². The van der Waals surface area contributed by atoms with Gasteiger partial charge in [0.15, 0.2) is 5.13 Å². The quantitative estimate of drug-likeness (QED) is 0.754. The molecule has 0 radical (unpaired) electrons. The summed E-state index contributed by atoms with van der Waals surface area (Å²) < 4.78 is 1.15. The molecule has 0 aliphatic heterocycles. The summed E-state index contributed by atoms with van der Waals surface area (Å²) in [6.07, 6.45) is 1.01. The summed E-state index contributed by atoms with van der Waals surface area (Å²) in [5.41, 5.74) is 3.37. The van der Waals surface area contributed by atoms with Crippen molar-refractivity contribution in [1.29, 1.82) is 0 Å². The summed E-state index contributed by atoms with van der Waals surface area (Å²) in [4.78, 5) is 15.3. The Kier molecular flexibility index (Phi) is 3.58. The number of carboxylic acid groups (broad SMARTS) is 1. The monoisotopic (exact) mass is 298 g/mol. The first-order chi connectivity index (χ1) is 10.2. The molecule has 0 saturated carbocycles. The van der Waals surface area contributed by atoms with E-state index < -0.39 is 5.97 Å². The van der Waals surface area contributed by atoms with Crippen LogP contribution in [0.5, 0.6) is 0 Å². The Hall–Kier alpha value is -2.40. The van der Waals surface area contributed by atoms with Crippen LogP contribution in [0.25, 0.3) is 10.2 Å². The molecule has 0 aliphatic rings. The van der Waals surface area contributed by atoms with Crippen LogP contribution < -0.4 is 5.32 Å². The molecule has 21 heavy (non-hydrogen) atoms. The van der Waals surface area contributed by atoms with Crippen molar-refractivity contribution in [3.8, 4) is 0 Å². The molecule has 5 heteroatoms. The Morgan fingerprint density at radius 3 is 2.67 bits per heavy atom. The van der Waals surface area contributed by atoms with Crippen molar-refractivity contribution in [3.63, 3.8) is 0 Å². The summed E-state index contributed by atoms with van der Waals surface area (Å²) in [7, 11) is 0. The molecule has 1 heterocycles. The summed E-state index contributed by atoms with van der Waals surface area (Å²) >= 11 is 1.59. The average molecular weight is 298 g/mol. The van der Waals surface area contributed by atoms with Crippen LogP contribution in [0.3, 0.4) is 0 Å². The molecule has 2 N–H and O–H groups in total. The van der Waals surface area contributed by atoms with Crippen LogP contribution in [0.4, 0.5) is 10.8 Å². The van der Waals surface area contributed by atoms with Gasteiger partial charge in [-0.05, 0) is 48.4 Å². The molecule has 0 spiro atoms. The summed E-state index contributed by atoms with van der Waals surface area (Å²) in [5, 5.41) is 12.9. The Morgan fingerprint density at radius 1 is 1.24 bits per heavy atom. The molecule has 106 valence electrons. The smallest absolute Gasteiger partial charge is 0.335 e. The number of carboxylic acids is 1. The van der Waals surface area contributed by atoms with E-state index >= 15 is 0 Å². The summed E-state index contributed by atoms with van der Waals surface area (Å²) in [6, 6.07) is 12.9. The maximum Gasteiger partial charge on any atom is 0.335 e. The molecule has 0 unspecified atom stereocenters. The number of thiazole rings is 1. The predicted molar refractivity (Wildman–Crippen MR) is 85.7 cm³/mol. The highest BCUT2D eigenvalue weighted by atomic mass is 32.1. The number of hydrogen-bond donors (Lipinski definition) is 2. The van der Waals surface area contributed by atoms with E-state index in [4.69, 9.17) is 5.11 Å². The van der Waals surface area contributed by atoms with Gasteiger partial charge >= 0.3 is 5.97 Å². The van der Waals surface area contributed by atoms with Crippen LogP contribution in [-0.4, -0.2) is 16.1 Å². The molecule has 0 fully saturated rings. The Bertz CT molecular complexity index is 794. The second kappa shape index (κ2) is 5.54. The number of nitrogens with zero attached hydrogens (tertiary/aromatic N) is 1. The van der Waals surface area contributed by atoms with Crippen LogP contribution in [0.15, 0.2) is 42.5 Å². The predicted octanol–water partition coefficient (Wildman–Crippen LogP) is 4.30. The topological polar surface area (TPSA) is 62.2 Å². The zero-order valence-electron chi connectivity index (χ0n) is 11.5. The molecule has 0 saturated heterocycles. The fourth-order valence-corrected chi connectivity index (χ4v) is 3.01. The van der Waals surface area contributed by atoms with Gasteiger partial charge < -0.3 is 10.4 Å². The van der Waals surface area contributed by atoms with Gasteiger partial charge in [0.25, 0.3) is 0 Å². The van der Waals surface area contributed by atoms with Crippen molar-refractivity contribution in [2.75, 3.05) is 5.32 Å². The van der Waals surface area contributed by atoms with Gasteiger partial charge in [-0.25, -0.2) is 9.78 Å². The van der Waals surface area contributed by atoms with Gasteiger partial charge in [-0.15, -0.1) is 0 Å². The van der Waals surface area contributed by atoms with Gasteiger partial charge in [0, 0.05) is 5.69 Å². The molecule has 0 aliphatic carbocycles. The highest BCUT2D eigenvalue weighted by Crippen LogP contribution is 2.29. The fourth-order valence-electron chi connectivity index (χ4n) is 2.06. The second-order valence-electron chi connectivity index (χ2n) is 4.68. The third kappa shape index (κ3) is 2.87. The molecule has 0 atom stereocenters. The lowest BCUT2D eigenvalue weighted by atomic mass is 10.2. The SMILES string of the molecule is CCc1ccc2nc(Nc3ccc(C(=O)O)cc3)sc2c1. The summed E-state index contributed by atoms with van der Waals surface area (Å²) in [5.74, 6) is -0.923. The van der Waals surface area contributed by atoms with Crippen LogP contribution in [0, 0.1) is 0 Å². The number of fused-ring (bicyclic) bond motifs is 1. The molecule has 3 aromatic rings. The molecule has 3 rings (SSSR count). The molecular formula is C16H14N2O2S. The maximum absolute atomic E-state index is 10.8. The standard InChI is InChI=1S/C16H14N2O2S/c1-2-10-3-8-13-14(9-10)21-16(18-13)17-12-6-4-11(5-7-12)15(19)20/h3-9H,2H2,1H3,(H,17,18)(H,19,20). The van der Waals surface area contributed by atoms with Crippen molar-refractivity contribution < 1.29 is 9.90 Å². The first-order valence-corrected chi connectivity index (χ1v) is 7.47. The first-order valence-electron chi connectivity index (χ1n) is 6.65. The zero-order valence-corrected chi connectivity index (χ0v) is 12.3. The Balaban J connectivity index is 1.85. The van der Waals surface area contributed by atoms with Gasteiger partial charge in [-0.1, -0.05) is 24.3 Å². The molecule has 0 amide bonds. The van der Waals surface area contributed by atoms with Gasteiger partial charge in [-0.2, -0.15) is 0 Å². The van der Waals surface area contributed by atoms with Crippen LogP contribution in [0.1, 0.15) is 22.8 Å². The number of anilines is 2. The van der Waals surface area contributed by atoms with E-state index in [1.165, 1.54) is 5.56 Å². The van der Waals surface area contributed by atoms with E-state index in [-0.39, 0.29) is 5.56 Å². The van der Waals surface area contributed by atoms with E-state index in [9.17, 15) is 4.79 Å².